The van der Waals surface area contributed by atoms with Crippen LogP contribution >= 0.6 is 0 Å². The molecule has 0 saturated carbocycles. The van der Waals surface area contributed by atoms with Crippen molar-refractivity contribution in [2.24, 2.45) is 0 Å². The van der Waals surface area contributed by atoms with Gasteiger partial charge in [0.2, 0.25) is 0 Å². The topological polar surface area (TPSA) is 105 Å². The number of hydrogen-bond donors (Lipinski definition) is 3. The first kappa shape index (κ1) is 21.0. The van der Waals surface area contributed by atoms with Crippen LogP contribution in [0.15, 0.2) is 60.9 Å². The van der Waals surface area contributed by atoms with Crippen molar-refractivity contribution in [2.75, 3.05) is 5.43 Å². The van der Waals surface area contributed by atoms with Gasteiger partial charge in [0, 0.05) is 11.8 Å². The van der Waals surface area contributed by atoms with Gasteiger partial charge < -0.3 is 10.1 Å². The monoisotopic (exact) mass is 407 g/mol. The Bertz CT molecular complexity index is 1010. The SMILES string of the molecule is CC(C)(C)OC(=O)N[C@@H](Cc1ccccc1)C(=O)NNc1ncnc2ccccc12. The van der Waals surface area contributed by atoms with Crippen molar-refractivity contribution in [1.82, 2.24) is 20.7 Å². The normalized spacial score (nSPS) is 12.1. The lowest BCUT2D eigenvalue weighted by atomic mass is 10.1. The van der Waals surface area contributed by atoms with E-state index in [2.05, 4.69) is 26.1 Å². The zero-order valence-electron chi connectivity index (χ0n) is 17.2. The average Bonchev–Trinajstić information content (AvgIpc) is 2.71. The molecular formula is C22H25N5O3. The number of amides is 2. The van der Waals surface area contributed by atoms with Crippen LogP contribution in [0, 0.1) is 0 Å². The average molecular weight is 407 g/mol. The number of nitrogens with zero attached hydrogens (tertiary/aromatic N) is 2. The van der Waals surface area contributed by atoms with Gasteiger partial charge in [-0.25, -0.2) is 14.8 Å². The molecule has 3 aromatic rings. The lowest BCUT2D eigenvalue weighted by Gasteiger charge is -2.23. The zero-order chi connectivity index (χ0) is 21.6. The van der Waals surface area contributed by atoms with Gasteiger partial charge in [-0.15, -0.1) is 0 Å². The molecule has 156 valence electrons. The van der Waals surface area contributed by atoms with Gasteiger partial charge in [0.15, 0.2) is 5.82 Å². The number of benzene rings is 2. The van der Waals surface area contributed by atoms with Crippen molar-refractivity contribution in [3.8, 4) is 0 Å². The summed E-state index contributed by atoms with van der Waals surface area (Å²) in [6.07, 6.45) is 1.06. The molecule has 1 aromatic heterocycles. The Morgan fingerprint density at radius 3 is 2.43 bits per heavy atom. The third kappa shape index (κ3) is 5.91. The maximum Gasteiger partial charge on any atom is 0.408 e. The highest BCUT2D eigenvalue weighted by Crippen LogP contribution is 2.17. The third-order valence-electron chi connectivity index (χ3n) is 4.14. The maximum atomic E-state index is 12.9. The summed E-state index contributed by atoms with van der Waals surface area (Å²) in [7, 11) is 0. The Morgan fingerprint density at radius 2 is 1.70 bits per heavy atom. The van der Waals surface area contributed by atoms with Gasteiger partial charge in [-0.2, -0.15) is 0 Å². The van der Waals surface area contributed by atoms with Gasteiger partial charge in [-0.3, -0.25) is 15.6 Å². The number of anilines is 1. The number of hydrazine groups is 1. The molecule has 0 aliphatic carbocycles. The van der Waals surface area contributed by atoms with Crippen LogP contribution in [0.3, 0.4) is 0 Å². The standard InChI is InChI=1S/C22H25N5O3/c1-22(2,3)30-21(29)25-18(13-15-9-5-4-6-10-15)20(28)27-26-19-16-11-7-8-12-17(16)23-14-24-19/h4-12,14,18H,13H2,1-3H3,(H,25,29)(H,27,28)(H,23,24,26)/t18-/m0/s1. The van der Waals surface area contributed by atoms with E-state index >= 15 is 0 Å². The number of carbonyl (C=O) groups is 2. The first-order valence-corrected chi connectivity index (χ1v) is 9.61. The molecule has 0 aliphatic heterocycles. The van der Waals surface area contributed by atoms with E-state index in [1.54, 1.807) is 20.8 Å². The van der Waals surface area contributed by atoms with E-state index in [-0.39, 0.29) is 0 Å². The summed E-state index contributed by atoms with van der Waals surface area (Å²) < 4.78 is 5.31. The van der Waals surface area contributed by atoms with E-state index < -0.39 is 23.6 Å². The summed E-state index contributed by atoms with van der Waals surface area (Å²) in [4.78, 5) is 33.5. The number of nitrogens with one attached hydrogen (secondary N) is 3. The molecule has 0 saturated heterocycles. The van der Waals surface area contributed by atoms with Crippen molar-refractivity contribution in [3.05, 3.63) is 66.5 Å². The van der Waals surface area contributed by atoms with E-state index in [1.165, 1.54) is 6.33 Å². The molecule has 0 fully saturated rings. The third-order valence-corrected chi connectivity index (χ3v) is 4.14. The number of ether oxygens (including phenoxy) is 1. The summed E-state index contributed by atoms with van der Waals surface area (Å²) >= 11 is 0. The number of carbonyl (C=O) groups excluding carboxylic acids is 2. The fraction of sp³-hybridized carbons (Fsp3) is 0.273. The van der Waals surface area contributed by atoms with E-state index in [1.807, 2.05) is 54.6 Å². The lowest BCUT2D eigenvalue weighted by molar-refractivity contribution is -0.122. The van der Waals surface area contributed by atoms with E-state index in [0.29, 0.717) is 12.2 Å². The Kier molecular flexibility index (Phi) is 6.46. The molecule has 3 rings (SSSR count). The largest absolute Gasteiger partial charge is 0.444 e. The summed E-state index contributed by atoms with van der Waals surface area (Å²) in [6.45, 7) is 5.29. The quantitative estimate of drug-likeness (QED) is 0.542. The number of fused-ring (bicyclic) bond motifs is 1. The molecule has 2 aromatic carbocycles. The van der Waals surface area contributed by atoms with Crippen LogP contribution in [-0.4, -0.2) is 33.6 Å². The minimum absolute atomic E-state index is 0.304. The van der Waals surface area contributed by atoms with Crippen LogP contribution in [0.2, 0.25) is 0 Å². The Hall–Kier alpha value is -3.68. The molecule has 1 heterocycles. The molecule has 0 spiro atoms. The molecule has 3 N–H and O–H groups in total. The summed E-state index contributed by atoms with van der Waals surface area (Å²) in [6, 6.07) is 16.0. The van der Waals surface area contributed by atoms with Crippen LogP contribution in [-0.2, 0) is 16.0 Å². The predicted molar refractivity (Wildman–Crippen MR) is 115 cm³/mol. The fourth-order valence-electron chi connectivity index (χ4n) is 2.82. The summed E-state index contributed by atoms with van der Waals surface area (Å²) in [5, 5.41) is 3.41. The molecular weight excluding hydrogens is 382 g/mol. The first-order valence-electron chi connectivity index (χ1n) is 9.61. The molecule has 0 bridgehead atoms. The second-order valence-electron chi connectivity index (χ2n) is 7.74. The van der Waals surface area contributed by atoms with Gasteiger partial charge >= 0.3 is 6.09 Å². The van der Waals surface area contributed by atoms with E-state index in [9.17, 15) is 9.59 Å². The number of rotatable bonds is 6. The maximum absolute atomic E-state index is 12.9. The first-order chi connectivity index (χ1) is 14.3. The predicted octanol–water partition coefficient (Wildman–Crippen LogP) is 3.21. The van der Waals surface area contributed by atoms with Gasteiger partial charge in [-0.05, 0) is 38.5 Å². The Labute approximate surface area is 175 Å². The molecule has 8 nitrogen and oxygen atoms in total. The van der Waals surface area contributed by atoms with Crippen LogP contribution in [0.5, 0.6) is 0 Å². The number of hydrogen-bond acceptors (Lipinski definition) is 6. The minimum atomic E-state index is -0.845. The highest BCUT2D eigenvalue weighted by molar-refractivity contribution is 5.91. The van der Waals surface area contributed by atoms with Crippen LogP contribution in [0.25, 0.3) is 10.9 Å². The lowest BCUT2D eigenvalue weighted by Crippen LogP contribution is -2.50. The number of aromatic nitrogens is 2. The Morgan fingerprint density at radius 1 is 1.00 bits per heavy atom. The molecule has 1 atom stereocenters. The van der Waals surface area contributed by atoms with Crippen molar-refractivity contribution >= 4 is 28.7 Å². The van der Waals surface area contributed by atoms with Crippen molar-refractivity contribution < 1.29 is 14.3 Å². The summed E-state index contributed by atoms with van der Waals surface area (Å²) in [5.41, 5.74) is 6.44. The van der Waals surface area contributed by atoms with Crippen LogP contribution in [0.1, 0.15) is 26.3 Å². The number of alkyl carbamates (subject to hydrolysis) is 1. The second-order valence-corrected chi connectivity index (χ2v) is 7.74. The summed E-state index contributed by atoms with van der Waals surface area (Å²) in [5.74, 6) is 0.0390. The molecule has 0 radical (unpaired) electrons. The Balaban J connectivity index is 1.72. The molecule has 30 heavy (non-hydrogen) atoms. The fourth-order valence-corrected chi connectivity index (χ4v) is 2.82. The van der Waals surface area contributed by atoms with Crippen LogP contribution < -0.4 is 16.2 Å². The molecule has 2 amide bonds. The van der Waals surface area contributed by atoms with Crippen molar-refractivity contribution in [1.29, 1.82) is 0 Å². The number of para-hydroxylation sites is 1. The van der Waals surface area contributed by atoms with E-state index in [0.717, 1.165) is 16.5 Å². The molecule has 0 aliphatic rings. The molecule has 0 unspecified atom stereocenters. The highest BCUT2D eigenvalue weighted by Gasteiger charge is 2.25. The van der Waals surface area contributed by atoms with Gasteiger partial charge in [0.05, 0.1) is 5.52 Å². The minimum Gasteiger partial charge on any atom is -0.444 e. The van der Waals surface area contributed by atoms with Gasteiger partial charge in [-0.1, -0.05) is 42.5 Å². The van der Waals surface area contributed by atoms with Gasteiger partial charge in [0.1, 0.15) is 18.0 Å². The van der Waals surface area contributed by atoms with Crippen molar-refractivity contribution in [2.45, 2.75) is 38.8 Å². The molecule has 8 heteroatoms. The zero-order valence-corrected chi connectivity index (χ0v) is 17.2. The van der Waals surface area contributed by atoms with Crippen molar-refractivity contribution in [3.63, 3.8) is 0 Å². The smallest absolute Gasteiger partial charge is 0.408 e. The highest BCUT2D eigenvalue weighted by atomic mass is 16.6. The second kappa shape index (κ2) is 9.21. The van der Waals surface area contributed by atoms with Crippen LogP contribution in [0.4, 0.5) is 10.6 Å². The van der Waals surface area contributed by atoms with E-state index in [4.69, 9.17) is 4.74 Å². The van der Waals surface area contributed by atoms with Gasteiger partial charge in [0.25, 0.3) is 5.91 Å².